The fourth-order valence-corrected chi connectivity index (χ4v) is 1.75. The van der Waals surface area contributed by atoms with Gasteiger partial charge >= 0.3 is 5.97 Å². The Morgan fingerprint density at radius 3 is 2.43 bits per heavy atom. The summed E-state index contributed by atoms with van der Waals surface area (Å²) in [6, 6.07) is 0.561. The van der Waals surface area contributed by atoms with Gasteiger partial charge in [0.1, 0.15) is 6.04 Å². The second-order valence-electron chi connectivity index (χ2n) is 4.57. The Balaban J connectivity index is 2.54. The summed E-state index contributed by atoms with van der Waals surface area (Å²) >= 11 is 0. The monoisotopic (exact) mass is 199 g/mol. The average Bonchev–Trinajstić information content (AvgIpc) is 2.94. The van der Waals surface area contributed by atoms with Gasteiger partial charge in [0.05, 0.1) is 7.11 Å². The molecule has 1 aliphatic carbocycles. The van der Waals surface area contributed by atoms with Crippen molar-refractivity contribution in [3.05, 3.63) is 0 Å². The molecule has 1 rings (SSSR count). The number of hydrogen-bond acceptors (Lipinski definition) is 3. The molecule has 0 amide bonds. The van der Waals surface area contributed by atoms with Gasteiger partial charge in [-0.25, -0.2) is 0 Å². The van der Waals surface area contributed by atoms with E-state index in [1.807, 2.05) is 7.05 Å². The number of esters is 1. The minimum Gasteiger partial charge on any atom is -0.468 e. The van der Waals surface area contributed by atoms with Gasteiger partial charge < -0.3 is 4.74 Å². The van der Waals surface area contributed by atoms with Crippen LogP contribution in [-0.4, -0.2) is 37.1 Å². The Labute approximate surface area is 86.4 Å². The van der Waals surface area contributed by atoms with E-state index in [1.165, 1.54) is 20.0 Å². The smallest absolute Gasteiger partial charge is 0.323 e. The summed E-state index contributed by atoms with van der Waals surface area (Å²) in [5.41, 5.74) is 0. The van der Waals surface area contributed by atoms with Crippen molar-refractivity contribution < 1.29 is 9.53 Å². The van der Waals surface area contributed by atoms with Gasteiger partial charge in [0, 0.05) is 6.04 Å². The van der Waals surface area contributed by atoms with Crippen LogP contribution in [0, 0.1) is 5.92 Å². The number of carbonyl (C=O) groups excluding carboxylic acids is 1. The molecule has 14 heavy (non-hydrogen) atoms. The van der Waals surface area contributed by atoms with Crippen molar-refractivity contribution in [1.29, 1.82) is 0 Å². The SMILES string of the molecule is COC(=O)C(CC(C)C)N(C)C1CC1. The van der Waals surface area contributed by atoms with Crippen LogP contribution in [0.4, 0.5) is 0 Å². The molecule has 3 heteroatoms. The molecule has 0 aromatic heterocycles. The van der Waals surface area contributed by atoms with Gasteiger partial charge in [0.15, 0.2) is 0 Å². The summed E-state index contributed by atoms with van der Waals surface area (Å²) in [7, 11) is 3.50. The molecule has 1 aliphatic rings. The van der Waals surface area contributed by atoms with Crippen LogP contribution in [0.2, 0.25) is 0 Å². The summed E-state index contributed by atoms with van der Waals surface area (Å²) < 4.78 is 4.83. The first-order chi connectivity index (χ1) is 6.56. The second kappa shape index (κ2) is 4.78. The zero-order valence-electron chi connectivity index (χ0n) is 9.62. The van der Waals surface area contributed by atoms with Crippen molar-refractivity contribution in [1.82, 2.24) is 4.90 Å². The first-order valence-electron chi connectivity index (χ1n) is 5.36. The molecule has 3 nitrogen and oxygen atoms in total. The molecule has 0 radical (unpaired) electrons. The molecular formula is C11H21NO2. The Morgan fingerprint density at radius 1 is 1.50 bits per heavy atom. The summed E-state index contributed by atoms with van der Waals surface area (Å²) in [5.74, 6) is 0.438. The predicted molar refractivity (Wildman–Crippen MR) is 56.0 cm³/mol. The Bertz CT molecular complexity index is 199. The Hall–Kier alpha value is -0.570. The molecule has 0 spiro atoms. The van der Waals surface area contributed by atoms with Gasteiger partial charge in [-0.3, -0.25) is 9.69 Å². The third-order valence-electron chi connectivity index (χ3n) is 2.78. The lowest BCUT2D eigenvalue weighted by Crippen LogP contribution is -2.41. The molecule has 0 heterocycles. The van der Waals surface area contributed by atoms with Crippen LogP contribution in [0.3, 0.4) is 0 Å². The van der Waals surface area contributed by atoms with Crippen molar-refractivity contribution in [3.63, 3.8) is 0 Å². The minimum absolute atomic E-state index is 0.0486. The largest absolute Gasteiger partial charge is 0.468 e. The zero-order valence-corrected chi connectivity index (χ0v) is 9.62. The highest BCUT2D eigenvalue weighted by Crippen LogP contribution is 2.29. The molecule has 1 saturated carbocycles. The molecule has 0 saturated heterocycles. The molecule has 0 bridgehead atoms. The van der Waals surface area contributed by atoms with Crippen molar-refractivity contribution in [3.8, 4) is 0 Å². The van der Waals surface area contributed by atoms with Gasteiger partial charge in [0.25, 0.3) is 0 Å². The lowest BCUT2D eigenvalue weighted by atomic mass is 10.0. The number of ether oxygens (including phenoxy) is 1. The van der Waals surface area contributed by atoms with Gasteiger partial charge in [0.2, 0.25) is 0 Å². The fraction of sp³-hybridized carbons (Fsp3) is 0.909. The number of likely N-dealkylation sites (N-methyl/N-ethyl adjacent to an activating group) is 1. The third-order valence-corrected chi connectivity index (χ3v) is 2.78. The van der Waals surface area contributed by atoms with Crippen molar-refractivity contribution in [2.45, 2.75) is 45.2 Å². The summed E-state index contributed by atoms with van der Waals surface area (Å²) in [5, 5.41) is 0. The van der Waals surface area contributed by atoms with Crippen molar-refractivity contribution in [2.24, 2.45) is 5.92 Å². The minimum atomic E-state index is -0.0897. The number of hydrogen-bond donors (Lipinski definition) is 0. The Kier molecular flexibility index (Phi) is 3.93. The maximum absolute atomic E-state index is 11.6. The van der Waals surface area contributed by atoms with Crippen molar-refractivity contribution in [2.75, 3.05) is 14.2 Å². The molecule has 0 N–H and O–H groups in total. The molecule has 82 valence electrons. The second-order valence-corrected chi connectivity index (χ2v) is 4.57. The highest BCUT2D eigenvalue weighted by atomic mass is 16.5. The van der Waals surface area contributed by atoms with Gasteiger partial charge in [-0.05, 0) is 32.2 Å². The van der Waals surface area contributed by atoms with E-state index in [-0.39, 0.29) is 12.0 Å². The first kappa shape index (κ1) is 11.5. The summed E-state index contributed by atoms with van der Waals surface area (Å²) in [6.45, 7) is 4.27. The van der Waals surface area contributed by atoms with E-state index < -0.39 is 0 Å². The first-order valence-corrected chi connectivity index (χ1v) is 5.36. The molecule has 1 unspecified atom stereocenters. The molecule has 1 fully saturated rings. The van der Waals surface area contributed by atoms with E-state index in [2.05, 4.69) is 18.7 Å². The molecule has 0 aromatic rings. The standard InChI is InChI=1S/C11H21NO2/c1-8(2)7-10(11(13)14-4)12(3)9-5-6-9/h8-10H,5-7H2,1-4H3. The maximum Gasteiger partial charge on any atom is 0.323 e. The van der Waals surface area contributed by atoms with Crippen LogP contribution in [0.1, 0.15) is 33.1 Å². The normalized spacial score (nSPS) is 18.7. The quantitative estimate of drug-likeness (QED) is 0.631. The van der Waals surface area contributed by atoms with E-state index in [9.17, 15) is 4.79 Å². The summed E-state index contributed by atoms with van der Waals surface area (Å²) in [6.07, 6.45) is 3.34. The van der Waals surface area contributed by atoms with Crippen LogP contribution in [0.5, 0.6) is 0 Å². The maximum atomic E-state index is 11.6. The average molecular weight is 199 g/mol. The lowest BCUT2D eigenvalue weighted by Gasteiger charge is -2.26. The van der Waals surface area contributed by atoms with E-state index in [4.69, 9.17) is 4.74 Å². The third kappa shape index (κ3) is 2.98. The lowest BCUT2D eigenvalue weighted by molar-refractivity contribution is -0.147. The number of carbonyl (C=O) groups is 1. The highest BCUT2D eigenvalue weighted by Gasteiger charge is 2.35. The van der Waals surface area contributed by atoms with Crippen LogP contribution in [0.15, 0.2) is 0 Å². The van der Waals surface area contributed by atoms with Gasteiger partial charge in [-0.15, -0.1) is 0 Å². The van der Waals surface area contributed by atoms with E-state index >= 15 is 0 Å². The fourth-order valence-electron chi connectivity index (χ4n) is 1.75. The molecule has 0 aliphatic heterocycles. The number of nitrogens with zero attached hydrogens (tertiary/aromatic N) is 1. The highest BCUT2D eigenvalue weighted by molar-refractivity contribution is 5.75. The van der Waals surface area contributed by atoms with Crippen LogP contribution in [0.25, 0.3) is 0 Å². The van der Waals surface area contributed by atoms with Crippen LogP contribution in [-0.2, 0) is 9.53 Å². The van der Waals surface area contributed by atoms with Crippen LogP contribution < -0.4 is 0 Å². The van der Waals surface area contributed by atoms with Gasteiger partial charge in [-0.2, -0.15) is 0 Å². The van der Waals surface area contributed by atoms with E-state index in [0.29, 0.717) is 12.0 Å². The molecule has 1 atom stereocenters. The summed E-state index contributed by atoms with van der Waals surface area (Å²) in [4.78, 5) is 13.7. The molecule has 0 aromatic carbocycles. The van der Waals surface area contributed by atoms with E-state index in [1.54, 1.807) is 0 Å². The topological polar surface area (TPSA) is 29.5 Å². The number of methoxy groups -OCH3 is 1. The van der Waals surface area contributed by atoms with Crippen molar-refractivity contribution >= 4 is 5.97 Å². The number of rotatable bonds is 5. The Morgan fingerprint density at radius 2 is 2.07 bits per heavy atom. The molecular weight excluding hydrogens is 178 g/mol. The van der Waals surface area contributed by atoms with Crippen LogP contribution >= 0.6 is 0 Å². The van der Waals surface area contributed by atoms with E-state index in [0.717, 1.165) is 6.42 Å². The zero-order chi connectivity index (χ0) is 10.7. The predicted octanol–water partition coefficient (Wildman–Crippen LogP) is 1.67. The van der Waals surface area contributed by atoms with Gasteiger partial charge in [-0.1, -0.05) is 13.8 Å².